The summed E-state index contributed by atoms with van der Waals surface area (Å²) < 4.78 is 0. The van der Waals surface area contributed by atoms with Gasteiger partial charge in [0.15, 0.2) is 5.78 Å². The summed E-state index contributed by atoms with van der Waals surface area (Å²) in [5.74, 6) is 0.0139. The van der Waals surface area contributed by atoms with Gasteiger partial charge in [-0.1, -0.05) is 54.6 Å². The quantitative estimate of drug-likeness (QED) is 0.702. The summed E-state index contributed by atoms with van der Waals surface area (Å²) in [5.41, 5.74) is 4.22. The van der Waals surface area contributed by atoms with E-state index in [0.717, 1.165) is 16.8 Å². The fourth-order valence-corrected chi connectivity index (χ4v) is 3.05. The number of carbonyl (C=O) groups excluding carboxylic acids is 1. The van der Waals surface area contributed by atoms with Crippen molar-refractivity contribution in [1.29, 1.82) is 0 Å². The number of dihydropyridines is 1. The number of benzene rings is 2. The first-order valence-electron chi connectivity index (χ1n) is 8.57. The van der Waals surface area contributed by atoms with Crippen LogP contribution in [0.5, 0.6) is 0 Å². The summed E-state index contributed by atoms with van der Waals surface area (Å²) in [6.07, 6.45) is 9.70. The Kier molecular flexibility index (Phi) is 4.44. The Labute approximate surface area is 152 Å². The minimum Gasteiger partial charge on any atom is -0.381 e. The van der Waals surface area contributed by atoms with E-state index in [1.54, 1.807) is 6.20 Å². The molecule has 1 N–H and O–H groups in total. The van der Waals surface area contributed by atoms with Gasteiger partial charge in [0.05, 0.1) is 11.7 Å². The molecule has 126 valence electrons. The van der Waals surface area contributed by atoms with E-state index in [0.29, 0.717) is 11.1 Å². The third-order valence-corrected chi connectivity index (χ3v) is 4.38. The summed E-state index contributed by atoms with van der Waals surface area (Å²) in [6, 6.07) is 21.3. The standard InChI is InChI=1S/C23H18N2O/c26-23(19-9-5-7-17(15-19)21-11-1-3-13-24-21)20-10-6-8-18(16-20)22-12-2-4-14-25-22/h1-16,21,24H. The molecule has 0 saturated heterocycles. The number of allylic oxidation sites excluding steroid dienone is 2. The molecule has 0 spiro atoms. The van der Waals surface area contributed by atoms with Crippen molar-refractivity contribution in [3.05, 3.63) is 114 Å². The predicted octanol–water partition coefficient (Wildman–Crippen LogP) is 4.69. The Morgan fingerprint density at radius 3 is 2.50 bits per heavy atom. The van der Waals surface area contributed by atoms with E-state index in [1.807, 2.05) is 85.1 Å². The summed E-state index contributed by atoms with van der Waals surface area (Å²) in [5, 5.41) is 3.28. The molecule has 0 amide bonds. The molecule has 0 saturated carbocycles. The van der Waals surface area contributed by atoms with Crippen molar-refractivity contribution in [1.82, 2.24) is 10.3 Å². The molecule has 0 fully saturated rings. The monoisotopic (exact) mass is 338 g/mol. The fourth-order valence-electron chi connectivity index (χ4n) is 3.05. The lowest BCUT2D eigenvalue weighted by Gasteiger charge is -2.16. The Hall–Kier alpha value is -3.46. The van der Waals surface area contributed by atoms with Gasteiger partial charge in [-0.2, -0.15) is 0 Å². The maximum Gasteiger partial charge on any atom is 0.193 e. The average Bonchev–Trinajstić information content (AvgIpc) is 2.75. The van der Waals surface area contributed by atoms with Gasteiger partial charge in [0.1, 0.15) is 0 Å². The van der Waals surface area contributed by atoms with Crippen molar-refractivity contribution < 1.29 is 4.79 Å². The van der Waals surface area contributed by atoms with Gasteiger partial charge in [0.2, 0.25) is 0 Å². The van der Waals surface area contributed by atoms with Crippen LogP contribution in [-0.2, 0) is 0 Å². The van der Waals surface area contributed by atoms with E-state index < -0.39 is 0 Å². The van der Waals surface area contributed by atoms with Crippen LogP contribution in [0.4, 0.5) is 0 Å². The molecule has 1 aliphatic heterocycles. The second-order valence-corrected chi connectivity index (χ2v) is 6.14. The molecule has 1 unspecified atom stereocenters. The third kappa shape index (κ3) is 3.33. The lowest BCUT2D eigenvalue weighted by Crippen LogP contribution is -2.15. The van der Waals surface area contributed by atoms with E-state index in [9.17, 15) is 4.79 Å². The van der Waals surface area contributed by atoms with Crippen molar-refractivity contribution in [2.24, 2.45) is 0 Å². The Bertz CT molecular complexity index is 990. The van der Waals surface area contributed by atoms with E-state index in [1.165, 1.54) is 0 Å². The summed E-state index contributed by atoms with van der Waals surface area (Å²) in [4.78, 5) is 17.4. The fraction of sp³-hybridized carbons (Fsp3) is 0.0435. The lowest BCUT2D eigenvalue weighted by atomic mass is 9.96. The van der Waals surface area contributed by atoms with Crippen LogP contribution >= 0.6 is 0 Å². The van der Waals surface area contributed by atoms with Crippen LogP contribution in [0.1, 0.15) is 27.5 Å². The first-order chi connectivity index (χ1) is 12.8. The smallest absolute Gasteiger partial charge is 0.193 e. The van der Waals surface area contributed by atoms with Crippen LogP contribution in [0.2, 0.25) is 0 Å². The van der Waals surface area contributed by atoms with Gasteiger partial charge < -0.3 is 5.32 Å². The highest BCUT2D eigenvalue weighted by Crippen LogP contribution is 2.22. The zero-order chi connectivity index (χ0) is 17.8. The molecule has 1 atom stereocenters. The molecule has 2 heterocycles. The first-order valence-corrected chi connectivity index (χ1v) is 8.57. The summed E-state index contributed by atoms with van der Waals surface area (Å²) >= 11 is 0. The number of carbonyl (C=O) groups is 1. The Morgan fingerprint density at radius 2 is 1.73 bits per heavy atom. The van der Waals surface area contributed by atoms with Crippen LogP contribution in [0.25, 0.3) is 11.3 Å². The predicted molar refractivity (Wildman–Crippen MR) is 104 cm³/mol. The van der Waals surface area contributed by atoms with Crippen LogP contribution in [-0.4, -0.2) is 10.8 Å². The van der Waals surface area contributed by atoms with Gasteiger partial charge in [-0.3, -0.25) is 9.78 Å². The number of hydrogen-bond donors (Lipinski definition) is 1. The van der Waals surface area contributed by atoms with Gasteiger partial charge in [0, 0.05) is 22.9 Å². The van der Waals surface area contributed by atoms with Crippen molar-refractivity contribution in [3.63, 3.8) is 0 Å². The molecule has 3 heteroatoms. The molecular weight excluding hydrogens is 320 g/mol. The SMILES string of the molecule is O=C(c1cccc(-c2ccccn2)c1)c1cccc(C2C=CC=CN2)c1. The molecule has 0 radical (unpaired) electrons. The highest BCUT2D eigenvalue weighted by atomic mass is 16.1. The van der Waals surface area contributed by atoms with E-state index >= 15 is 0 Å². The number of hydrogen-bond acceptors (Lipinski definition) is 3. The van der Waals surface area contributed by atoms with Crippen molar-refractivity contribution >= 4 is 5.78 Å². The summed E-state index contributed by atoms with van der Waals surface area (Å²) in [7, 11) is 0. The molecule has 26 heavy (non-hydrogen) atoms. The van der Waals surface area contributed by atoms with Gasteiger partial charge in [-0.25, -0.2) is 0 Å². The van der Waals surface area contributed by atoms with Crippen LogP contribution in [0.15, 0.2) is 97.4 Å². The number of ketones is 1. The molecular formula is C23H18N2O. The third-order valence-electron chi connectivity index (χ3n) is 4.38. The highest BCUT2D eigenvalue weighted by molar-refractivity contribution is 6.09. The van der Waals surface area contributed by atoms with Crippen molar-refractivity contribution in [3.8, 4) is 11.3 Å². The Morgan fingerprint density at radius 1 is 0.885 bits per heavy atom. The number of rotatable bonds is 4. The molecule has 2 aromatic carbocycles. The number of pyridine rings is 1. The zero-order valence-electron chi connectivity index (χ0n) is 14.2. The average molecular weight is 338 g/mol. The highest BCUT2D eigenvalue weighted by Gasteiger charge is 2.14. The van der Waals surface area contributed by atoms with E-state index in [-0.39, 0.29) is 11.8 Å². The van der Waals surface area contributed by atoms with Crippen LogP contribution in [0.3, 0.4) is 0 Å². The minimum atomic E-state index is 0.0139. The second-order valence-electron chi connectivity index (χ2n) is 6.14. The molecule has 1 aromatic heterocycles. The molecule has 3 nitrogen and oxygen atoms in total. The largest absolute Gasteiger partial charge is 0.381 e. The molecule has 0 bridgehead atoms. The van der Waals surface area contributed by atoms with Gasteiger partial charge in [-0.05, 0) is 42.1 Å². The molecule has 1 aliphatic rings. The molecule has 4 rings (SSSR count). The zero-order valence-corrected chi connectivity index (χ0v) is 14.2. The first kappa shape index (κ1) is 16.0. The maximum absolute atomic E-state index is 13.0. The second kappa shape index (κ2) is 7.19. The molecule has 0 aliphatic carbocycles. The topological polar surface area (TPSA) is 42.0 Å². The van der Waals surface area contributed by atoms with Gasteiger partial charge >= 0.3 is 0 Å². The van der Waals surface area contributed by atoms with E-state index in [2.05, 4.69) is 16.4 Å². The lowest BCUT2D eigenvalue weighted by molar-refractivity contribution is 0.103. The van der Waals surface area contributed by atoms with Gasteiger partial charge in [-0.15, -0.1) is 0 Å². The summed E-state index contributed by atoms with van der Waals surface area (Å²) in [6.45, 7) is 0. The Balaban J connectivity index is 1.64. The van der Waals surface area contributed by atoms with Crippen LogP contribution in [0, 0.1) is 0 Å². The van der Waals surface area contributed by atoms with E-state index in [4.69, 9.17) is 0 Å². The molecule has 3 aromatic rings. The number of nitrogens with one attached hydrogen (secondary N) is 1. The van der Waals surface area contributed by atoms with Gasteiger partial charge in [0.25, 0.3) is 0 Å². The number of nitrogens with zero attached hydrogens (tertiary/aromatic N) is 1. The normalized spacial score (nSPS) is 15.5. The maximum atomic E-state index is 13.0. The number of aromatic nitrogens is 1. The van der Waals surface area contributed by atoms with Crippen LogP contribution < -0.4 is 5.32 Å². The van der Waals surface area contributed by atoms with Crippen molar-refractivity contribution in [2.45, 2.75) is 6.04 Å². The van der Waals surface area contributed by atoms with Crippen molar-refractivity contribution in [2.75, 3.05) is 0 Å². The minimum absolute atomic E-state index is 0.0139.